The van der Waals surface area contributed by atoms with Gasteiger partial charge in [-0.15, -0.1) is 0 Å². The monoisotopic (exact) mass is 381 g/mol. The van der Waals surface area contributed by atoms with Crippen molar-refractivity contribution in [2.75, 3.05) is 13.7 Å². The molecule has 0 aliphatic rings. The van der Waals surface area contributed by atoms with E-state index in [1.54, 1.807) is 24.3 Å². The van der Waals surface area contributed by atoms with Gasteiger partial charge in [-0.05, 0) is 18.1 Å². The predicted molar refractivity (Wildman–Crippen MR) is 104 cm³/mol. The van der Waals surface area contributed by atoms with Crippen LogP contribution in [0.2, 0.25) is 0 Å². The Morgan fingerprint density at radius 1 is 1.21 bits per heavy atom. The van der Waals surface area contributed by atoms with Gasteiger partial charge >= 0.3 is 0 Å². The second-order valence-corrected chi connectivity index (χ2v) is 6.47. The fraction of sp³-hybridized carbons (Fsp3) is 0.300. The number of nitrogens with zero attached hydrogens (tertiary/aromatic N) is 4. The van der Waals surface area contributed by atoms with Crippen molar-refractivity contribution in [3.63, 3.8) is 0 Å². The maximum atomic E-state index is 12.5. The molecule has 28 heavy (non-hydrogen) atoms. The van der Waals surface area contributed by atoms with E-state index < -0.39 is 0 Å². The van der Waals surface area contributed by atoms with Crippen molar-refractivity contribution in [1.29, 1.82) is 0 Å². The summed E-state index contributed by atoms with van der Waals surface area (Å²) < 4.78 is 8.66. The van der Waals surface area contributed by atoms with Crippen LogP contribution in [0, 0.1) is 6.92 Å². The topological polar surface area (TPSA) is 91.0 Å². The highest BCUT2D eigenvalue weighted by atomic mass is 16.5. The molecule has 0 unspecified atom stereocenters. The molecule has 0 saturated heterocycles. The van der Waals surface area contributed by atoms with Gasteiger partial charge in [0.05, 0.1) is 13.2 Å². The van der Waals surface area contributed by atoms with Crippen LogP contribution in [0.1, 0.15) is 27.2 Å². The summed E-state index contributed by atoms with van der Waals surface area (Å²) in [5, 5.41) is 6.89. The molecule has 0 saturated carbocycles. The number of pyridine rings is 1. The Morgan fingerprint density at radius 2 is 1.96 bits per heavy atom. The number of carbonyl (C=O) groups is 1. The molecule has 0 bridgehead atoms. The Labute approximate surface area is 162 Å². The lowest BCUT2D eigenvalue weighted by Crippen LogP contribution is -2.29. The fourth-order valence-corrected chi connectivity index (χ4v) is 2.81. The van der Waals surface area contributed by atoms with E-state index >= 15 is 0 Å². The second-order valence-electron chi connectivity index (χ2n) is 6.47. The van der Waals surface area contributed by atoms with Gasteiger partial charge in [-0.2, -0.15) is 5.10 Å². The van der Waals surface area contributed by atoms with Gasteiger partial charge in [0, 0.05) is 38.2 Å². The number of hydrogen-bond donors (Lipinski definition) is 1. The largest absolute Gasteiger partial charge is 0.383 e. The first-order valence-electron chi connectivity index (χ1n) is 8.95. The first-order chi connectivity index (χ1) is 13.6. The average molecular weight is 381 g/mol. The number of nitrogens with one attached hydrogen (secondary N) is 1. The zero-order chi connectivity index (χ0) is 19.9. The van der Waals surface area contributed by atoms with Crippen molar-refractivity contribution in [2.45, 2.75) is 26.6 Å². The van der Waals surface area contributed by atoms with Crippen molar-refractivity contribution >= 4 is 5.91 Å². The third kappa shape index (κ3) is 4.92. The lowest BCUT2D eigenvalue weighted by atomic mass is 10.1. The molecule has 8 nitrogen and oxygen atoms in total. The van der Waals surface area contributed by atoms with Gasteiger partial charge in [-0.1, -0.05) is 24.3 Å². The van der Waals surface area contributed by atoms with Crippen LogP contribution in [0.5, 0.6) is 0 Å². The SMILES string of the molecule is COCCn1cc(C(=O)NCc2ccc(Cn3cncn3)cc2)c(=O)cc1C. The molecular weight excluding hydrogens is 358 g/mol. The standard InChI is InChI=1S/C20H23N5O3/c1-15-9-19(26)18(12-24(15)7-8-28-2)20(27)22-10-16-3-5-17(6-4-16)11-25-14-21-13-23-25/h3-6,9,12-14H,7-8,10-11H2,1-2H3,(H,22,27). The molecule has 2 aromatic heterocycles. The minimum Gasteiger partial charge on any atom is -0.383 e. The van der Waals surface area contributed by atoms with E-state index in [-0.39, 0.29) is 16.9 Å². The van der Waals surface area contributed by atoms with Crippen molar-refractivity contribution in [3.8, 4) is 0 Å². The van der Waals surface area contributed by atoms with Crippen LogP contribution >= 0.6 is 0 Å². The zero-order valence-electron chi connectivity index (χ0n) is 16.0. The molecule has 2 heterocycles. The number of aromatic nitrogens is 4. The van der Waals surface area contributed by atoms with Crippen molar-refractivity contribution in [1.82, 2.24) is 24.6 Å². The van der Waals surface area contributed by atoms with E-state index in [0.29, 0.717) is 26.2 Å². The lowest BCUT2D eigenvalue weighted by Gasteiger charge is -2.12. The molecule has 0 aliphatic heterocycles. The number of hydrogen-bond acceptors (Lipinski definition) is 5. The van der Waals surface area contributed by atoms with Crippen LogP contribution in [0.15, 0.2) is 54.0 Å². The Bertz CT molecular complexity index is 978. The summed E-state index contributed by atoms with van der Waals surface area (Å²) in [6.45, 7) is 3.90. The van der Waals surface area contributed by atoms with Crippen LogP contribution in [-0.4, -0.2) is 39.0 Å². The Morgan fingerprint density at radius 3 is 2.64 bits per heavy atom. The number of carbonyl (C=O) groups excluding carboxylic acids is 1. The molecule has 0 atom stereocenters. The number of aryl methyl sites for hydroxylation is 1. The number of ether oxygens (including phenoxy) is 1. The molecule has 1 N–H and O–H groups in total. The van der Waals surface area contributed by atoms with Gasteiger partial charge in [-0.3, -0.25) is 9.59 Å². The number of rotatable bonds is 8. The van der Waals surface area contributed by atoms with E-state index in [1.165, 1.54) is 12.4 Å². The van der Waals surface area contributed by atoms with Gasteiger partial charge in [-0.25, -0.2) is 9.67 Å². The highest BCUT2D eigenvalue weighted by molar-refractivity contribution is 5.93. The molecule has 0 radical (unpaired) electrons. The summed E-state index contributed by atoms with van der Waals surface area (Å²) in [6, 6.07) is 9.32. The van der Waals surface area contributed by atoms with E-state index in [4.69, 9.17) is 4.74 Å². The molecular formula is C20H23N5O3. The van der Waals surface area contributed by atoms with Crippen molar-refractivity contribution in [3.05, 3.63) is 81.8 Å². The molecule has 146 valence electrons. The maximum absolute atomic E-state index is 12.5. The third-order valence-electron chi connectivity index (χ3n) is 4.41. The summed E-state index contributed by atoms with van der Waals surface area (Å²) in [5.74, 6) is -0.386. The minimum atomic E-state index is -0.386. The summed E-state index contributed by atoms with van der Waals surface area (Å²) in [4.78, 5) is 28.6. The first kappa shape index (κ1) is 19.5. The summed E-state index contributed by atoms with van der Waals surface area (Å²) in [5.41, 5.74) is 2.67. The number of benzene rings is 1. The van der Waals surface area contributed by atoms with Crippen molar-refractivity contribution in [2.24, 2.45) is 0 Å². The molecule has 1 aromatic carbocycles. The Kier molecular flexibility index (Phi) is 6.33. The van der Waals surface area contributed by atoms with Gasteiger partial charge in [0.2, 0.25) is 0 Å². The Hall–Kier alpha value is -3.26. The Balaban J connectivity index is 1.62. The molecule has 3 rings (SSSR count). The quantitative estimate of drug-likeness (QED) is 0.636. The third-order valence-corrected chi connectivity index (χ3v) is 4.41. The van der Waals surface area contributed by atoms with Crippen LogP contribution in [0.4, 0.5) is 0 Å². The molecule has 0 fully saturated rings. The van der Waals surface area contributed by atoms with Crippen LogP contribution in [0.25, 0.3) is 0 Å². The van der Waals surface area contributed by atoms with E-state index in [1.807, 2.05) is 35.8 Å². The van der Waals surface area contributed by atoms with Crippen LogP contribution in [-0.2, 0) is 24.4 Å². The van der Waals surface area contributed by atoms with Gasteiger partial charge < -0.3 is 14.6 Å². The molecule has 1 amide bonds. The summed E-state index contributed by atoms with van der Waals surface area (Å²) in [6.07, 6.45) is 4.75. The fourth-order valence-electron chi connectivity index (χ4n) is 2.81. The highest BCUT2D eigenvalue weighted by Crippen LogP contribution is 2.06. The lowest BCUT2D eigenvalue weighted by molar-refractivity contribution is 0.0948. The number of amides is 1. The van der Waals surface area contributed by atoms with Gasteiger partial charge in [0.15, 0.2) is 5.43 Å². The predicted octanol–water partition coefficient (Wildman–Crippen LogP) is 1.37. The molecule has 0 aliphatic carbocycles. The summed E-state index contributed by atoms with van der Waals surface area (Å²) in [7, 11) is 1.61. The normalized spacial score (nSPS) is 10.8. The number of methoxy groups -OCH3 is 1. The van der Waals surface area contributed by atoms with Crippen LogP contribution < -0.4 is 10.7 Å². The maximum Gasteiger partial charge on any atom is 0.257 e. The molecule has 3 aromatic rings. The highest BCUT2D eigenvalue weighted by Gasteiger charge is 2.12. The van der Waals surface area contributed by atoms with Crippen molar-refractivity contribution < 1.29 is 9.53 Å². The van der Waals surface area contributed by atoms with Gasteiger partial charge in [0.1, 0.15) is 18.2 Å². The zero-order valence-corrected chi connectivity index (χ0v) is 16.0. The van der Waals surface area contributed by atoms with E-state index in [2.05, 4.69) is 15.4 Å². The van der Waals surface area contributed by atoms with Gasteiger partial charge in [0.25, 0.3) is 5.91 Å². The van der Waals surface area contributed by atoms with Crippen LogP contribution in [0.3, 0.4) is 0 Å². The molecule has 0 spiro atoms. The molecule has 8 heteroatoms. The second kappa shape index (κ2) is 9.09. The van der Waals surface area contributed by atoms with E-state index in [9.17, 15) is 9.59 Å². The smallest absolute Gasteiger partial charge is 0.257 e. The average Bonchev–Trinajstić information content (AvgIpc) is 3.19. The minimum absolute atomic E-state index is 0.129. The first-order valence-corrected chi connectivity index (χ1v) is 8.95. The van der Waals surface area contributed by atoms with E-state index in [0.717, 1.165) is 16.8 Å². The summed E-state index contributed by atoms with van der Waals surface area (Å²) >= 11 is 0.